The van der Waals surface area contributed by atoms with Gasteiger partial charge in [0.25, 0.3) is 0 Å². The fraction of sp³-hybridized carbons (Fsp3) is 0.562. The summed E-state index contributed by atoms with van der Waals surface area (Å²) in [6.07, 6.45) is 2.84. The second-order valence-corrected chi connectivity index (χ2v) is 5.38. The van der Waals surface area contributed by atoms with Crippen LogP contribution < -0.4 is 0 Å². The molecule has 0 spiro atoms. The monoisotopic (exact) mass is 261 g/mol. The zero-order valence-corrected chi connectivity index (χ0v) is 11.7. The Balaban J connectivity index is 1.72. The van der Waals surface area contributed by atoms with Crippen molar-refractivity contribution in [3.05, 3.63) is 35.9 Å². The van der Waals surface area contributed by atoms with Crippen LogP contribution in [0.15, 0.2) is 30.3 Å². The van der Waals surface area contributed by atoms with Crippen molar-refractivity contribution in [3.63, 3.8) is 0 Å². The summed E-state index contributed by atoms with van der Waals surface area (Å²) in [4.78, 5) is 14.3. The number of methoxy groups -OCH3 is 1. The second-order valence-electron chi connectivity index (χ2n) is 5.38. The third kappa shape index (κ3) is 4.77. The largest absolute Gasteiger partial charge is 0.384 e. The van der Waals surface area contributed by atoms with E-state index in [0.29, 0.717) is 24.7 Å². The van der Waals surface area contributed by atoms with Crippen LogP contribution in [0, 0.1) is 5.92 Å². The highest BCUT2D eigenvalue weighted by molar-refractivity contribution is 5.82. The fourth-order valence-corrected chi connectivity index (χ4v) is 2.68. The molecule has 0 amide bonds. The molecule has 1 heterocycles. The molecule has 3 nitrogen and oxygen atoms in total. The molecule has 1 aromatic rings. The van der Waals surface area contributed by atoms with Crippen molar-refractivity contribution >= 4 is 5.78 Å². The molecule has 19 heavy (non-hydrogen) atoms. The maximum Gasteiger partial charge on any atom is 0.151 e. The Hall–Kier alpha value is -1.19. The Kier molecular flexibility index (Phi) is 5.55. The van der Waals surface area contributed by atoms with Gasteiger partial charge < -0.3 is 4.74 Å². The lowest BCUT2D eigenvalue weighted by Crippen LogP contribution is -2.38. The molecule has 0 N–H and O–H groups in total. The van der Waals surface area contributed by atoms with Crippen molar-refractivity contribution in [1.82, 2.24) is 4.90 Å². The predicted molar refractivity (Wildman–Crippen MR) is 76.2 cm³/mol. The van der Waals surface area contributed by atoms with E-state index in [1.165, 1.54) is 0 Å². The summed E-state index contributed by atoms with van der Waals surface area (Å²) in [7, 11) is 1.76. The molecule has 0 unspecified atom stereocenters. The molecule has 1 aromatic carbocycles. The minimum Gasteiger partial charge on any atom is -0.384 e. The van der Waals surface area contributed by atoms with Crippen molar-refractivity contribution in [3.8, 4) is 0 Å². The first-order valence-corrected chi connectivity index (χ1v) is 7.05. The number of benzene rings is 1. The van der Waals surface area contributed by atoms with E-state index in [2.05, 4.69) is 4.90 Å². The second kappa shape index (κ2) is 7.41. The summed E-state index contributed by atoms with van der Waals surface area (Å²) in [5, 5.41) is 0. The topological polar surface area (TPSA) is 29.5 Å². The van der Waals surface area contributed by atoms with Gasteiger partial charge in [-0.15, -0.1) is 0 Å². The van der Waals surface area contributed by atoms with E-state index in [9.17, 15) is 4.79 Å². The van der Waals surface area contributed by atoms with Crippen molar-refractivity contribution in [2.24, 2.45) is 5.92 Å². The summed E-state index contributed by atoms with van der Waals surface area (Å²) in [6, 6.07) is 9.98. The Bertz CT molecular complexity index is 383. The minimum absolute atomic E-state index is 0.316. The van der Waals surface area contributed by atoms with Crippen LogP contribution in [0.25, 0.3) is 0 Å². The van der Waals surface area contributed by atoms with E-state index < -0.39 is 0 Å². The molecular formula is C16H23NO2. The summed E-state index contributed by atoms with van der Waals surface area (Å²) < 4.78 is 5.19. The zero-order chi connectivity index (χ0) is 13.5. The quantitative estimate of drug-likeness (QED) is 0.786. The van der Waals surface area contributed by atoms with E-state index >= 15 is 0 Å². The van der Waals surface area contributed by atoms with Crippen LogP contribution in [0.2, 0.25) is 0 Å². The summed E-state index contributed by atoms with van der Waals surface area (Å²) in [6.45, 7) is 3.49. The number of carbonyl (C=O) groups is 1. The van der Waals surface area contributed by atoms with Gasteiger partial charge in [0.15, 0.2) is 5.78 Å². The third-order valence-electron chi connectivity index (χ3n) is 3.75. The van der Waals surface area contributed by atoms with E-state index in [1.54, 1.807) is 7.11 Å². The van der Waals surface area contributed by atoms with Crippen molar-refractivity contribution < 1.29 is 9.53 Å². The van der Waals surface area contributed by atoms with Gasteiger partial charge in [-0.3, -0.25) is 9.69 Å². The smallest absolute Gasteiger partial charge is 0.151 e. The van der Waals surface area contributed by atoms with Crippen molar-refractivity contribution in [1.29, 1.82) is 0 Å². The molecule has 0 saturated carbocycles. The van der Waals surface area contributed by atoms with Crippen LogP contribution in [0.5, 0.6) is 0 Å². The average molecular weight is 261 g/mol. The standard InChI is InChI=1S/C16H23NO2/c1-19-13-15-7-9-17(10-8-15)12-16(18)11-14-5-3-2-4-6-14/h2-6,15H,7-13H2,1H3. The van der Waals surface area contributed by atoms with Gasteiger partial charge in [0, 0.05) is 20.1 Å². The lowest BCUT2D eigenvalue weighted by molar-refractivity contribution is -0.119. The zero-order valence-electron chi connectivity index (χ0n) is 11.7. The number of Topliss-reactive ketones (excluding diaryl/α,β-unsaturated/α-hetero) is 1. The molecule has 0 bridgehead atoms. The average Bonchev–Trinajstić information content (AvgIpc) is 2.42. The van der Waals surface area contributed by atoms with Gasteiger partial charge in [-0.1, -0.05) is 30.3 Å². The summed E-state index contributed by atoms with van der Waals surface area (Å²) >= 11 is 0. The van der Waals surface area contributed by atoms with Crippen molar-refractivity contribution in [2.45, 2.75) is 19.3 Å². The van der Waals surface area contributed by atoms with Gasteiger partial charge in [-0.05, 0) is 37.4 Å². The van der Waals surface area contributed by atoms with Gasteiger partial charge in [0.1, 0.15) is 0 Å². The Morgan fingerprint density at radius 2 is 1.95 bits per heavy atom. The number of ether oxygens (including phenoxy) is 1. The normalized spacial score (nSPS) is 17.5. The number of piperidine rings is 1. The Morgan fingerprint density at radius 3 is 2.58 bits per heavy atom. The lowest BCUT2D eigenvalue weighted by atomic mass is 9.97. The van der Waals surface area contributed by atoms with Gasteiger partial charge in [0.2, 0.25) is 0 Å². The maximum atomic E-state index is 12.0. The van der Waals surface area contributed by atoms with E-state index in [0.717, 1.165) is 38.1 Å². The minimum atomic E-state index is 0.316. The first-order valence-electron chi connectivity index (χ1n) is 7.05. The van der Waals surface area contributed by atoms with Gasteiger partial charge >= 0.3 is 0 Å². The molecule has 2 rings (SSSR count). The summed E-state index contributed by atoms with van der Waals surface area (Å²) in [5.41, 5.74) is 1.11. The molecule has 104 valence electrons. The first kappa shape index (κ1) is 14.2. The number of hydrogen-bond donors (Lipinski definition) is 0. The number of carbonyl (C=O) groups excluding carboxylic acids is 1. The highest BCUT2D eigenvalue weighted by atomic mass is 16.5. The number of ketones is 1. The molecule has 0 radical (unpaired) electrons. The van der Waals surface area contributed by atoms with Crippen LogP contribution in [-0.4, -0.2) is 44.0 Å². The molecule has 1 aliphatic rings. The highest BCUT2D eigenvalue weighted by Crippen LogP contribution is 2.17. The van der Waals surface area contributed by atoms with Crippen LogP contribution >= 0.6 is 0 Å². The van der Waals surface area contributed by atoms with Crippen LogP contribution in [0.1, 0.15) is 18.4 Å². The van der Waals surface area contributed by atoms with Gasteiger partial charge in [-0.25, -0.2) is 0 Å². The fourth-order valence-electron chi connectivity index (χ4n) is 2.68. The van der Waals surface area contributed by atoms with Crippen LogP contribution in [-0.2, 0) is 16.0 Å². The van der Waals surface area contributed by atoms with E-state index in [4.69, 9.17) is 4.74 Å². The third-order valence-corrected chi connectivity index (χ3v) is 3.75. The number of nitrogens with zero attached hydrogens (tertiary/aromatic N) is 1. The van der Waals surface area contributed by atoms with E-state index in [1.807, 2.05) is 30.3 Å². The van der Waals surface area contributed by atoms with Crippen LogP contribution in [0.3, 0.4) is 0 Å². The number of likely N-dealkylation sites (tertiary alicyclic amines) is 1. The van der Waals surface area contributed by atoms with Gasteiger partial charge in [-0.2, -0.15) is 0 Å². The first-order chi connectivity index (χ1) is 9.28. The molecular weight excluding hydrogens is 238 g/mol. The van der Waals surface area contributed by atoms with E-state index in [-0.39, 0.29) is 0 Å². The molecule has 0 aromatic heterocycles. The highest BCUT2D eigenvalue weighted by Gasteiger charge is 2.20. The maximum absolute atomic E-state index is 12.0. The molecule has 1 saturated heterocycles. The predicted octanol–water partition coefficient (Wildman–Crippen LogP) is 2.16. The SMILES string of the molecule is COCC1CCN(CC(=O)Cc2ccccc2)CC1. The van der Waals surface area contributed by atoms with Crippen LogP contribution in [0.4, 0.5) is 0 Å². The molecule has 1 aliphatic heterocycles. The molecule has 3 heteroatoms. The molecule has 0 atom stereocenters. The molecule has 0 aliphatic carbocycles. The lowest BCUT2D eigenvalue weighted by Gasteiger charge is -2.31. The van der Waals surface area contributed by atoms with Gasteiger partial charge in [0.05, 0.1) is 6.54 Å². The molecule has 1 fully saturated rings. The number of rotatable bonds is 6. The van der Waals surface area contributed by atoms with Crippen molar-refractivity contribution in [2.75, 3.05) is 33.4 Å². The Labute approximate surface area is 115 Å². The Morgan fingerprint density at radius 1 is 1.26 bits per heavy atom. The summed E-state index contributed by atoms with van der Waals surface area (Å²) in [5.74, 6) is 0.988. The number of hydrogen-bond acceptors (Lipinski definition) is 3.